The molecule has 238 valence electrons. The molecule has 1 aliphatic rings. The van der Waals surface area contributed by atoms with Crippen LogP contribution in [0, 0.1) is 6.92 Å². The molecule has 47 heavy (non-hydrogen) atoms. The highest BCUT2D eigenvalue weighted by atomic mass is 32.2. The van der Waals surface area contributed by atoms with Gasteiger partial charge in [0.1, 0.15) is 5.54 Å². The van der Waals surface area contributed by atoms with E-state index in [0.717, 1.165) is 50.1 Å². The van der Waals surface area contributed by atoms with Crippen molar-refractivity contribution in [3.05, 3.63) is 150 Å². The summed E-state index contributed by atoms with van der Waals surface area (Å²) in [6.07, 6.45) is 4.00. The zero-order valence-corrected chi connectivity index (χ0v) is 27.7. The third-order valence-electron chi connectivity index (χ3n) is 9.21. The number of anilines is 1. The quantitative estimate of drug-likeness (QED) is 0.186. The number of rotatable bonds is 8. The summed E-state index contributed by atoms with van der Waals surface area (Å²) in [4.78, 5) is 6.94. The van der Waals surface area contributed by atoms with E-state index in [1.165, 1.54) is 4.31 Å². The van der Waals surface area contributed by atoms with Gasteiger partial charge in [-0.2, -0.15) is 22.1 Å². The van der Waals surface area contributed by atoms with Crippen LogP contribution in [0.5, 0.6) is 0 Å². The molecule has 4 aromatic carbocycles. The molecule has 0 spiro atoms. The Balaban J connectivity index is 1.33. The number of nitrogens with zero attached hydrogens (tertiary/aromatic N) is 6. The Morgan fingerprint density at radius 1 is 0.723 bits per heavy atom. The molecule has 6 aromatic rings. The van der Waals surface area contributed by atoms with Crippen molar-refractivity contribution in [2.75, 3.05) is 45.2 Å². The molecule has 0 atom stereocenters. The summed E-state index contributed by atoms with van der Waals surface area (Å²) < 4.78 is 30.4. The molecule has 2 aromatic heterocycles. The summed E-state index contributed by atoms with van der Waals surface area (Å²) in [6.45, 7) is 4.12. The Morgan fingerprint density at radius 2 is 1.28 bits per heavy atom. The number of fused-ring (bicyclic) bond motifs is 1. The van der Waals surface area contributed by atoms with Gasteiger partial charge in [0, 0.05) is 69.3 Å². The maximum Gasteiger partial charge on any atom is 0.281 e. The van der Waals surface area contributed by atoms with Gasteiger partial charge in [0.25, 0.3) is 10.2 Å². The zero-order chi connectivity index (χ0) is 32.6. The van der Waals surface area contributed by atoms with E-state index in [4.69, 9.17) is 5.10 Å². The van der Waals surface area contributed by atoms with Crippen LogP contribution >= 0.6 is 0 Å². The summed E-state index contributed by atoms with van der Waals surface area (Å²) >= 11 is 0. The van der Waals surface area contributed by atoms with Gasteiger partial charge in [-0.05, 0) is 47.4 Å². The zero-order valence-electron chi connectivity index (χ0n) is 26.9. The molecule has 1 aliphatic heterocycles. The summed E-state index contributed by atoms with van der Waals surface area (Å²) in [5, 5.41) is 6.28. The molecule has 7 rings (SSSR count). The Labute approximate surface area is 276 Å². The monoisotopic (exact) mass is 642 g/mol. The van der Waals surface area contributed by atoms with Gasteiger partial charge in [-0.1, -0.05) is 97.1 Å². The van der Waals surface area contributed by atoms with E-state index in [0.29, 0.717) is 26.2 Å². The number of piperazine rings is 1. The number of hydrogen-bond donors (Lipinski definition) is 0. The highest BCUT2D eigenvalue weighted by Gasteiger charge is 2.39. The Morgan fingerprint density at radius 3 is 1.81 bits per heavy atom. The smallest absolute Gasteiger partial charge is 0.281 e. The maximum atomic E-state index is 12.7. The molecule has 9 heteroatoms. The fourth-order valence-corrected chi connectivity index (χ4v) is 7.90. The lowest BCUT2D eigenvalue weighted by Gasteiger charge is -2.36. The fourth-order valence-electron chi connectivity index (χ4n) is 6.82. The molecule has 0 aliphatic carbocycles. The number of pyridine rings is 1. The molecule has 1 fully saturated rings. The topological polar surface area (TPSA) is 74.6 Å². The Kier molecular flexibility index (Phi) is 8.13. The molecule has 0 N–H and O–H groups in total. The number of benzene rings is 4. The molecule has 1 saturated heterocycles. The van der Waals surface area contributed by atoms with Crippen molar-refractivity contribution in [3.8, 4) is 11.1 Å². The van der Waals surface area contributed by atoms with Crippen LogP contribution in [0.25, 0.3) is 22.0 Å². The molecule has 8 nitrogen and oxygen atoms in total. The third kappa shape index (κ3) is 5.40. The standard InChI is InChI=1S/C38H38N6O2S/c1-29-35(30-19-20-36-34(27-30)37(21-22-39-36)42-23-25-43(26-24-42)47(45,46)41(2)3)28-44(40-29)38(31-13-7-4-8-14-31,32-15-9-5-10-16-32)33-17-11-6-12-18-33/h4-22,27-28H,23-26H2,1-3H3. The minimum Gasteiger partial charge on any atom is -0.368 e. The van der Waals surface area contributed by atoms with Crippen LogP contribution in [0.2, 0.25) is 0 Å². The van der Waals surface area contributed by atoms with Crippen LogP contribution in [0.1, 0.15) is 22.4 Å². The second-order valence-corrected chi connectivity index (χ2v) is 14.3. The molecule has 0 unspecified atom stereocenters. The van der Waals surface area contributed by atoms with Gasteiger partial charge >= 0.3 is 0 Å². The molecule has 0 amide bonds. The largest absolute Gasteiger partial charge is 0.368 e. The predicted octanol–water partition coefficient (Wildman–Crippen LogP) is 6.18. The highest BCUT2D eigenvalue weighted by molar-refractivity contribution is 7.86. The Hall–Kier alpha value is -4.83. The fraction of sp³-hybridized carbons (Fsp3) is 0.211. The van der Waals surface area contributed by atoms with E-state index in [2.05, 4.69) is 119 Å². The number of aryl methyl sites for hydroxylation is 1. The van der Waals surface area contributed by atoms with Gasteiger partial charge < -0.3 is 4.90 Å². The van der Waals surface area contributed by atoms with Crippen molar-refractivity contribution in [2.24, 2.45) is 0 Å². The maximum absolute atomic E-state index is 12.7. The minimum atomic E-state index is -3.45. The average molecular weight is 643 g/mol. The SMILES string of the molecule is Cc1nn(C(c2ccccc2)(c2ccccc2)c2ccccc2)cc1-c1ccc2nccc(N3CCN(S(=O)(=O)N(C)C)CC3)c2c1. The van der Waals surface area contributed by atoms with Crippen LogP contribution < -0.4 is 4.90 Å². The summed E-state index contributed by atoms with van der Waals surface area (Å²) in [5.41, 5.74) is 7.60. The van der Waals surface area contributed by atoms with Gasteiger partial charge in [0.15, 0.2) is 0 Å². The van der Waals surface area contributed by atoms with Crippen LogP contribution in [0.15, 0.2) is 128 Å². The lowest BCUT2D eigenvalue weighted by atomic mass is 9.77. The molecule has 0 radical (unpaired) electrons. The summed E-state index contributed by atoms with van der Waals surface area (Å²) in [6, 6.07) is 40.1. The highest BCUT2D eigenvalue weighted by Crippen LogP contribution is 2.42. The van der Waals surface area contributed by atoms with Crippen molar-refractivity contribution in [3.63, 3.8) is 0 Å². The first-order valence-corrected chi connectivity index (χ1v) is 17.2. The normalized spacial score (nSPS) is 14.6. The van der Waals surface area contributed by atoms with Crippen molar-refractivity contribution >= 4 is 26.8 Å². The average Bonchev–Trinajstić information content (AvgIpc) is 3.50. The van der Waals surface area contributed by atoms with Gasteiger partial charge in [-0.15, -0.1) is 0 Å². The van der Waals surface area contributed by atoms with E-state index >= 15 is 0 Å². The first-order valence-electron chi connectivity index (χ1n) is 15.8. The van der Waals surface area contributed by atoms with Gasteiger partial charge in [0.2, 0.25) is 0 Å². The molecule has 3 heterocycles. The number of hydrogen-bond acceptors (Lipinski definition) is 5. The van der Waals surface area contributed by atoms with Crippen LogP contribution in [-0.4, -0.2) is 72.1 Å². The minimum absolute atomic E-state index is 0.427. The van der Waals surface area contributed by atoms with E-state index in [1.54, 1.807) is 18.4 Å². The van der Waals surface area contributed by atoms with Crippen LogP contribution in [-0.2, 0) is 15.7 Å². The van der Waals surface area contributed by atoms with Crippen molar-refractivity contribution in [2.45, 2.75) is 12.5 Å². The number of aromatic nitrogens is 3. The van der Waals surface area contributed by atoms with E-state index < -0.39 is 15.7 Å². The lowest BCUT2D eigenvalue weighted by Crippen LogP contribution is -2.51. The van der Waals surface area contributed by atoms with Gasteiger partial charge in [0.05, 0.1) is 11.2 Å². The molecular weight excluding hydrogens is 605 g/mol. The molecule has 0 bridgehead atoms. The van der Waals surface area contributed by atoms with E-state index in [1.807, 2.05) is 30.5 Å². The molecule has 0 saturated carbocycles. The second kappa shape index (κ2) is 12.4. The first kappa shape index (κ1) is 30.8. The van der Waals surface area contributed by atoms with E-state index in [9.17, 15) is 8.42 Å². The van der Waals surface area contributed by atoms with Crippen LogP contribution in [0.3, 0.4) is 0 Å². The first-order chi connectivity index (χ1) is 22.8. The summed E-state index contributed by atoms with van der Waals surface area (Å²) in [7, 11) is -0.294. The lowest BCUT2D eigenvalue weighted by molar-refractivity contribution is 0.356. The predicted molar refractivity (Wildman–Crippen MR) is 189 cm³/mol. The van der Waals surface area contributed by atoms with Crippen LogP contribution in [0.4, 0.5) is 5.69 Å². The van der Waals surface area contributed by atoms with Crippen molar-refractivity contribution in [1.29, 1.82) is 0 Å². The second-order valence-electron chi connectivity index (χ2n) is 12.1. The summed E-state index contributed by atoms with van der Waals surface area (Å²) in [5.74, 6) is 0. The van der Waals surface area contributed by atoms with Gasteiger partial charge in [-0.3, -0.25) is 9.67 Å². The molecular formula is C38H38N6O2S. The third-order valence-corrected chi connectivity index (χ3v) is 11.2. The van der Waals surface area contributed by atoms with Gasteiger partial charge in [-0.25, -0.2) is 0 Å². The van der Waals surface area contributed by atoms with Crippen molar-refractivity contribution in [1.82, 2.24) is 23.4 Å². The van der Waals surface area contributed by atoms with Crippen molar-refractivity contribution < 1.29 is 8.42 Å². The van der Waals surface area contributed by atoms with E-state index in [-0.39, 0.29) is 0 Å². The Bertz CT molecular complexity index is 2010.